The second-order valence-electron chi connectivity index (χ2n) is 8.65. The van der Waals surface area contributed by atoms with Crippen LogP contribution in [0.5, 0.6) is 5.75 Å². The fourth-order valence-corrected chi connectivity index (χ4v) is 6.59. The summed E-state index contributed by atoms with van der Waals surface area (Å²) in [5.41, 5.74) is 2.89. The molecule has 26 heavy (non-hydrogen) atoms. The van der Waals surface area contributed by atoms with Crippen LogP contribution in [0.15, 0.2) is 18.2 Å². The average Bonchev–Trinajstić information content (AvgIpc) is 2.98. The Morgan fingerprint density at radius 3 is 2.85 bits per heavy atom. The van der Waals surface area contributed by atoms with Crippen molar-refractivity contribution in [1.82, 2.24) is 0 Å². The van der Waals surface area contributed by atoms with E-state index in [0.29, 0.717) is 17.8 Å². The van der Waals surface area contributed by atoms with Gasteiger partial charge in [0.05, 0.1) is 13.2 Å². The Hall–Kier alpha value is -2.02. The molecule has 1 aromatic carbocycles. The van der Waals surface area contributed by atoms with E-state index >= 15 is 0 Å². The largest absolute Gasteiger partial charge is 0.497 e. The van der Waals surface area contributed by atoms with Gasteiger partial charge in [0.25, 0.3) is 0 Å². The topological polar surface area (TPSA) is 70.3 Å². The highest BCUT2D eigenvalue weighted by Gasteiger charge is 2.57. The molecule has 2 saturated carbocycles. The summed E-state index contributed by atoms with van der Waals surface area (Å²) in [7, 11) is 1.71. The van der Waals surface area contributed by atoms with Crippen LogP contribution < -0.4 is 4.74 Å². The molecule has 3 aliphatic carbocycles. The van der Waals surface area contributed by atoms with Crippen LogP contribution in [-0.2, 0) is 11.2 Å². The number of benzene rings is 1. The number of methoxy groups -OCH3 is 1. The molecule has 0 amide bonds. The predicted octanol–water partition coefficient (Wildman–Crippen LogP) is 4.39. The van der Waals surface area contributed by atoms with Crippen molar-refractivity contribution in [2.24, 2.45) is 29.1 Å². The van der Waals surface area contributed by atoms with Crippen LogP contribution in [0, 0.1) is 40.4 Å². The summed E-state index contributed by atoms with van der Waals surface area (Å²) in [4.78, 5) is 11.6. The third-order valence-electron chi connectivity index (χ3n) is 7.81. The highest BCUT2D eigenvalue weighted by Crippen LogP contribution is 2.64. The van der Waals surface area contributed by atoms with Gasteiger partial charge >= 0.3 is 5.97 Å². The second-order valence-corrected chi connectivity index (χ2v) is 8.65. The summed E-state index contributed by atoms with van der Waals surface area (Å²) in [6.45, 7) is 2.27. The van der Waals surface area contributed by atoms with Crippen LogP contribution in [0.2, 0.25) is 0 Å². The molecule has 0 radical (unpaired) electrons. The maximum Gasteiger partial charge on any atom is 0.321 e. The number of hydrogen-bond donors (Lipinski definition) is 1. The fourth-order valence-electron chi connectivity index (χ4n) is 6.59. The minimum atomic E-state index is -0.942. The first kappa shape index (κ1) is 17.4. The van der Waals surface area contributed by atoms with E-state index in [0.717, 1.165) is 37.9 Å². The molecule has 4 heteroatoms. The number of carboxylic acid groups (broad SMARTS) is 1. The van der Waals surface area contributed by atoms with Crippen molar-refractivity contribution < 1.29 is 14.6 Å². The van der Waals surface area contributed by atoms with E-state index in [1.54, 1.807) is 7.11 Å². The van der Waals surface area contributed by atoms with Crippen molar-refractivity contribution in [2.75, 3.05) is 7.11 Å². The molecule has 6 atom stereocenters. The van der Waals surface area contributed by atoms with E-state index in [4.69, 9.17) is 4.74 Å². The van der Waals surface area contributed by atoms with E-state index in [1.807, 2.05) is 0 Å². The lowest BCUT2D eigenvalue weighted by molar-refractivity contribution is -0.143. The van der Waals surface area contributed by atoms with Crippen molar-refractivity contribution in [3.05, 3.63) is 29.3 Å². The van der Waals surface area contributed by atoms with Crippen LogP contribution in [0.1, 0.15) is 56.1 Å². The van der Waals surface area contributed by atoms with Crippen molar-refractivity contribution >= 4 is 5.97 Å². The molecule has 0 aromatic heterocycles. The maximum atomic E-state index is 11.6. The lowest BCUT2D eigenvalue weighted by Gasteiger charge is -2.51. The number of carboxylic acids is 1. The molecule has 4 nitrogen and oxygen atoms in total. The average molecular weight is 353 g/mol. The Bertz CT molecular complexity index is 767. The number of fused-ring (bicyclic) bond motifs is 5. The van der Waals surface area contributed by atoms with Crippen molar-refractivity contribution in [3.8, 4) is 11.8 Å². The number of ether oxygens (including phenoxy) is 1. The first-order chi connectivity index (χ1) is 12.5. The molecule has 1 N–H and O–H groups in total. The van der Waals surface area contributed by atoms with Gasteiger partial charge in [-0.3, -0.25) is 4.79 Å². The standard InChI is InChI=1S/C22H27NO3/c1-22-10-9-16-15-6-4-14(26-2)11-13(15)3-5-17(16)19(22)7-8-20(22)18(12-23)21(24)25/h4,6,11,16-20H,3,5,7-10H2,1-2H3,(H,24,25)/t16-,17-,18?,19+,20-,22+/m1/s1. The van der Waals surface area contributed by atoms with E-state index < -0.39 is 11.9 Å². The van der Waals surface area contributed by atoms with E-state index in [2.05, 4.69) is 31.2 Å². The third kappa shape index (κ3) is 2.44. The van der Waals surface area contributed by atoms with Gasteiger partial charge in [-0.25, -0.2) is 0 Å². The predicted molar refractivity (Wildman–Crippen MR) is 97.8 cm³/mol. The Morgan fingerprint density at radius 2 is 2.15 bits per heavy atom. The van der Waals surface area contributed by atoms with Crippen LogP contribution in [0.3, 0.4) is 0 Å². The number of rotatable bonds is 3. The number of nitrogens with zero attached hydrogens (tertiary/aromatic N) is 1. The fraction of sp³-hybridized carbons (Fsp3) is 0.636. The van der Waals surface area contributed by atoms with Crippen LogP contribution >= 0.6 is 0 Å². The summed E-state index contributed by atoms with van der Waals surface area (Å²) in [6.07, 6.45) is 6.32. The van der Waals surface area contributed by atoms with Gasteiger partial charge in [0.2, 0.25) is 0 Å². The summed E-state index contributed by atoms with van der Waals surface area (Å²) < 4.78 is 5.39. The summed E-state index contributed by atoms with van der Waals surface area (Å²) >= 11 is 0. The van der Waals surface area contributed by atoms with Crippen molar-refractivity contribution in [2.45, 2.75) is 51.4 Å². The van der Waals surface area contributed by atoms with E-state index in [9.17, 15) is 15.2 Å². The maximum absolute atomic E-state index is 11.6. The molecular formula is C22H27NO3. The first-order valence-corrected chi connectivity index (χ1v) is 9.79. The Labute approximate surface area is 155 Å². The number of hydrogen-bond acceptors (Lipinski definition) is 3. The molecule has 1 unspecified atom stereocenters. The monoisotopic (exact) mass is 353 g/mol. The molecule has 4 rings (SSSR count). The van der Waals surface area contributed by atoms with Crippen molar-refractivity contribution in [3.63, 3.8) is 0 Å². The highest BCUT2D eigenvalue weighted by atomic mass is 16.5. The van der Waals surface area contributed by atoms with Crippen LogP contribution in [-0.4, -0.2) is 18.2 Å². The molecule has 3 aliphatic rings. The van der Waals surface area contributed by atoms with Crippen LogP contribution in [0.25, 0.3) is 0 Å². The van der Waals surface area contributed by atoms with Gasteiger partial charge in [0.1, 0.15) is 11.7 Å². The molecule has 1 aromatic rings. The SMILES string of the molecule is COc1ccc2c(c1)CC[C@@H]1[C@@H]2CC[C@]2(C)[C@@H](C(C#N)C(=O)O)CC[C@@H]12. The van der Waals surface area contributed by atoms with Crippen LogP contribution in [0.4, 0.5) is 0 Å². The molecule has 0 spiro atoms. The van der Waals surface area contributed by atoms with Gasteiger partial charge < -0.3 is 9.84 Å². The zero-order chi connectivity index (χ0) is 18.5. The van der Waals surface area contributed by atoms with E-state index in [1.165, 1.54) is 17.5 Å². The second kappa shape index (κ2) is 6.30. The number of aliphatic carboxylic acids is 1. The number of nitriles is 1. The Kier molecular flexibility index (Phi) is 4.22. The minimum absolute atomic E-state index is 0.00628. The molecule has 2 fully saturated rings. The van der Waals surface area contributed by atoms with Gasteiger partial charge in [0, 0.05) is 0 Å². The summed E-state index contributed by atoms with van der Waals surface area (Å²) in [6, 6.07) is 8.59. The normalized spacial score (nSPS) is 36.2. The summed E-state index contributed by atoms with van der Waals surface area (Å²) in [5, 5.41) is 18.9. The van der Waals surface area contributed by atoms with Gasteiger partial charge in [-0.15, -0.1) is 0 Å². The molecule has 0 heterocycles. The zero-order valence-corrected chi connectivity index (χ0v) is 15.6. The smallest absolute Gasteiger partial charge is 0.321 e. The first-order valence-electron chi connectivity index (χ1n) is 9.79. The Morgan fingerprint density at radius 1 is 1.35 bits per heavy atom. The lowest BCUT2D eigenvalue weighted by Crippen LogP contribution is -2.44. The Balaban J connectivity index is 1.64. The highest BCUT2D eigenvalue weighted by molar-refractivity contribution is 5.73. The number of carbonyl (C=O) groups is 1. The third-order valence-corrected chi connectivity index (χ3v) is 7.81. The minimum Gasteiger partial charge on any atom is -0.497 e. The quantitative estimate of drug-likeness (QED) is 0.875. The molecule has 138 valence electrons. The number of aryl methyl sites for hydroxylation is 1. The van der Waals surface area contributed by atoms with Gasteiger partial charge in [0.15, 0.2) is 0 Å². The zero-order valence-electron chi connectivity index (χ0n) is 15.6. The van der Waals surface area contributed by atoms with Gasteiger partial charge in [-0.1, -0.05) is 13.0 Å². The molecular weight excluding hydrogens is 326 g/mol. The molecule has 0 aliphatic heterocycles. The summed E-state index contributed by atoms with van der Waals surface area (Å²) in [5.74, 6) is 0.857. The molecule has 0 bridgehead atoms. The lowest BCUT2D eigenvalue weighted by atomic mass is 9.53. The van der Waals surface area contributed by atoms with Gasteiger partial charge in [-0.2, -0.15) is 5.26 Å². The molecule has 0 saturated heterocycles. The van der Waals surface area contributed by atoms with E-state index in [-0.39, 0.29) is 11.3 Å². The van der Waals surface area contributed by atoms with Crippen molar-refractivity contribution in [1.29, 1.82) is 5.26 Å². The van der Waals surface area contributed by atoms with Gasteiger partial charge in [-0.05, 0) is 90.9 Å².